The molecule has 0 amide bonds. The van der Waals surface area contributed by atoms with Crippen molar-refractivity contribution in [1.82, 2.24) is 0 Å². The largest absolute Gasteiger partial charge is 0.455 e. The van der Waals surface area contributed by atoms with Crippen LogP contribution in [0.4, 0.5) is 17.1 Å². The first kappa shape index (κ1) is 52.6. The lowest BCUT2D eigenvalue weighted by Gasteiger charge is -2.37. The van der Waals surface area contributed by atoms with Crippen molar-refractivity contribution in [3.8, 4) is 44.5 Å². The molecular formula is C60H22B17NO. The van der Waals surface area contributed by atoms with Crippen LogP contribution in [0.25, 0.3) is 98.8 Å². The summed E-state index contributed by atoms with van der Waals surface area (Å²) in [6.07, 6.45) is 0. The molecule has 2 nitrogen and oxygen atoms in total. The zero-order valence-electron chi connectivity index (χ0n) is 42.4. The molecule has 12 aromatic rings. The van der Waals surface area contributed by atoms with Gasteiger partial charge in [-0.2, -0.15) is 0 Å². The van der Waals surface area contributed by atoms with E-state index in [4.69, 9.17) is 138 Å². The topological polar surface area (TPSA) is 16.4 Å². The van der Waals surface area contributed by atoms with Gasteiger partial charge in [0.25, 0.3) is 0 Å². The van der Waals surface area contributed by atoms with Crippen molar-refractivity contribution < 1.29 is 4.42 Å². The molecule has 0 fully saturated rings. The second-order valence-corrected chi connectivity index (χ2v) is 19.7. The van der Waals surface area contributed by atoms with E-state index in [0.717, 1.165) is 59.8 Å². The minimum Gasteiger partial charge on any atom is -0.455 e. The van der Waals surface area contributed by atoms with E-state index in [2.05, 4.69) is 30.3 Å². The zero-order valence-corrected chi connectivity index (χ0v) is 42.4. The van der Waals surface area contributed by atoms with E-state index in [-0.39, 0.29) is 126 Å². The normalized spacial score (nSPS) is 11.6. The van der Waals surface area contributed by atoms with Gasteiger partial charge in [-0.1, -0.05) is 180 Å². The first-order chi connectivity index (χ1) is 37.8. The number of nitrogens with zero attached hydrogens (tertiary/aromatic N) is 1. The average molecular weight is 957 g/mol. The molecule has 0 saturated carbocycles. The Bertz CT molecular complexity index is 4550. The van der Waals surface area contributed by atoms with Crippen molar-refractivity contribution in [3.05, 3.63) is 133 Å². The van der Waals surface area contributed by atoms with Crippen molar-refractivity contribution in [2.75, 3.05) is 4.90 Å². The maximum Gasteiger partial charge on any atom is 0.143 e. The Morgan fingerprint density at radius 3 is 1.27 bits per heavy atom. The highest BCUT2D eigenvalue weighted by Gasteiger charge is 2.29. The molecule has 0 saturated heterocycles. The molecule has 0 aliphatic carbocycles. The van der Waals surface area contributed by atoms with E-state index in [1.165, 1.54) is 0 Å². The predicted molar refractivity (Wildman–Crippen MR) is 354 cm³/mol. The van der Waals surface area contributed by atoms with Gasteiger partial charge in [0.05, 0.1) is 0 Å². The van der Waals surface area contributed by atoms with E-state index >= 15 is 0 Å². The lowest BCUT2D eigenvalue weighted by Crippen LogP contribution is -2.57. The van der Waals surface area contributed by atoms with Crippen LogP contribution in [0.15, 0.2) is 138 Å². The number of benzene rings is 11. The van der Waals surface area contributed by atoms with Crippen LogP contribution in [-0.4, -0.2) is 133 Å². The number of hydrogen-bond acceptors (Lipinski definition) is 2. The number of fused-ring (bicyclic) bond motifs is 8. The van der Waals surface area contributed by atoms with Gasteiger partial charge in [-0.3, -0.25) is 0 Å². The molecule has 0 unspecified atom stereocenters. The maximum absolute atomic E-state index is 7.29. The molecule has 79 heavy (non-hydrogen) atoms. The third kappa shape index (κ3) is 7.94. The van der Waals surface area contributed by atoms with Crippen LogP contribution in [0.3, 0.4) is 0 Å². The SMILES string of the molecule is [B]c1c([B])c([B])c(-c2c([B])c([B])c(-c3c([B])c([B])c(N(c4cccc(-c5cccc6oc7c8ccccc8ccc7c56)c4)c4c([B])c([B])c(-c5ccc6c(ccc7ccccc76)c5)c([B])c4[B])c([B])c3[B])c([B])c2[B])c([B])c1[B]. The molecule has 0 spiro atoms. The fourth-order valence-corrected chi connectivity index (χ4v) is 11.3. The third-order valence-electron chi connectivity index (χ3n) is 15.4. The van der Waals surface area contributed by atoms with E-state index in [1.54, 1.807) is 4.90 Å². The smallest absolute Gasteiger partial charge is 0.143 e. The molecule has 19 heteroatoms. The van der Waals surface area contributed by atoms with Crippen LogP contribution in [0.5, 0.6) is 0 Å². The first-order valence-corrected chi connectivity index (χ1v) is 24.8. The summed E-state index contributed by atoms with van der Waals surface area (Å²) in [5, 5.41) is 8.00. The van der Waals surface area contributed by atoms with E-state index in [0.29, 0.717) is 22.4 Å². The molecule has 1 aromatic heterocycles. The average Bonchev–Trinajstić information content (AvgIpc) is 4.05. The summed E-state index contributed by atoms with van der Waals surface area (Å²) in [7, 11) is 117. The highest BCUT2D eigenvalue weighted by Crippen LogP contribution is 2.41. The number of anilines is 3. The van der Waals surface area contributed by atoms with Gasteiger partial charge in [-0.15, -0.1) is 16.4 Å². The minimum atomic E-state index is -0.135. The summed E-state index contributed by atoms with van der Waals surface area (Å²) in [4.78, 5) is 1.64. The van der Waals surface area contributed by atoms with Crippen molar-refractivity contribution in [2.45, 2.75) is 0 Å². The molecule has 1 heterocycles. The van der Waals surface area contributed by atoms with Gasteiger partial charge in [0.1, 0.15) is 145 Å². The Hall–Kier alpha value is -7.10. The van der Waals surface area contributed by atoms with Crippen LogP contribution in [0.1, 0.15) is 0 Å². The number of rotatable bonds is 7. The lowest BCUT2D eigenvalue weighted by molar-refractivity contribution is 0.673. The molecule has 12 rings (SSSR count). The minimum absolute atomic E-state index is 0.00856. The van der Waals surface area contributed by atoms with Gasteiger partial charge in [0.15, 0.2) is 0 Å². The van der Waals surface area contributed by atoms with Crippen LogP contribution in [0, 0.1) is 0 Å². The van der Waals surface area contributed by atoms with Crippen LogP contribution >= 0.6 is 0 Å². The van der Waals surface area contributed by atoms with E-state index in [9.17, 15) is 0 Å². The Balaban J connectivity index is 1.09. The summed E-state index contributed by atoms with van der Waals surface area (Å²) in [6.45, 7) is 0. The quantitative estimate of drug-likeness (QED) is 0.123. The van der Waals surface area contributed by atoms with Crippen LogP contribution in [0.2, 0.25) is 0 Å². The Kier molecular flexibility index (Phi) is 13.1. The molecule has 324 valence electrons. The van der Waals surface area contributed by atoms with Gasteiger partial charge in [0, 0.05) is 33.2 Å². The highest BCUT2D eigenvalue weighted by molar-refractivity contribution is 6.72. The maximum atomic E-state index is 7.29. The zero-order chi connectivity index (χ0) is 55.8. The molecule has 0 N–H and O–H groups in total. The first-order valence-electron chi connectivity index (χ1n) is 24.8. The molecule has 0 bridgehead atoms. The van der Waals surface area contributed by atoms with Crippen molar-refractivity contribution >= 4 is 298 Å². The predicted octanol–water partition coefficient (Wildman–Crippen LogP) is -3.32. The standard InChI is InChI=1S/C60H22B17NO/c61-41-35(27-18-19-30-26(21-27)16-15-23-7-1-3-11-29(23)30)42(62)55(75)58(54(41)74)78(28-10-5-9-25(22-28)31-13-6-14-34-36(31)33-20-17-24-8-2-4-12-32(24)60(33)79-34)59-56(76)49(69)40(50(70)57(59)77)38-45(65)43(63)37(44(64)46(38)66)39-47(67)51(71)53(73)52(72)48(39)68/h1-22H. The second-order valence-electron chi connectivity index (χ2n) is 19.7. The van der Waals surface area contributed by atoms with Crippen molar-refractivity contribution in [2.24, 2.45) is 0 Å². The lowest BCUT2D eigenvalue weighted by atomic mass is 9.55. The van der Waals surface area contributed by atoms with Gasteiger partial charge < -0.3 is 9.32 Å². The molecule has 34 radical (unpaired) electrons. The number of furan rings is 1. The molecule has 11 aromatic carbocycles. The van der Waals surface area contributed by atoms with Crippen molar-refractivity contribution in [3.63, 3.8) is 0 Å². The Morgan fingerprint density at radius 2 is 0.696 bits per heavy atom. The second kappa shape index (κ2) is 19.6. The monoisotopic (exact) mass is 959 g/mol. The van der Waals surface area contributed by atoms with E-state index in [1.807, 2.05) is 103 Å². The summed E-state index contributed by atoms with van der Waals surface area (Å²) < 4.78 is 6.59. The van der Waals surface area contributed by atoms with Crippen molar-refractivity contribution in [1.29, 1.82) is 0 Å². The fourth-order valence-electron chi connectivity index (χ4n) is 11.3. The summed E-state index contributed by atoms with van der Waals surface area (Å²) in [6, 6.07) is 43.9. The van der Waals surface area contributed by atoms with Gasteiger partial charge in [-0.05, 0) is 102 Å². The fraction of sp³-hybridized carbons (Fsp3) is 0. The molecule has 0 atom stereocenters. The third-order valence-corrected chi connectivity index (χ3v) is 15.4. The van der Waals surface area contributed by atoms with Crippen LogP contribution in [-0.2, 0) is 0 Å². The van der Waals surface area contributed by atoms with Gasteiger partial charge in [0.2, 0.25) is 0 Å². The van der Waals surface area contributed by atoms with E-state index < -0.39 is 0 Å². The van der Waals surface area contributed by atoms with Crippen LogP contribution < -0.4 is 97.8 Å². The Labute approximate surface area is 481 Å². The van der Waals surface area contributed by atoms with Gasteiger partial charge in [-0.25, -0.2) is 0 Å². The highest BCUT2D eigenvalue weighted by atomic mass is 16.3. The Morgan fingerprint density at radius 1 is 0.278 bits per heavy atom. The van der Waals surface area contributed by atoms with Gasteiger partial charge >= 0.3 is 0 Å². The molecular weight excluding hydrogens is 934 g/mol. The molecule has 0 aliphatic rings. The number of hydrogen-bond donors (Lipinski definition) is 0. The molecule has 0 aliphatic heterocycles. The summed E-state index contributed by atoms with van der Waals surface area (Å²) in [5.41, 5.74) is 3.95. The summed E-state index contributed by atoms with van der Waals surface area (Å²) >= 11 is 0. The summed E-state index contributed by atoms with van der Waals surface area (Å²) in [5.74, 6) is 0.